The highest BCUT2D eigenvalue weighted by Crippen LogP contribution is 2.20. The van der Waals surface area contributed by atoms with Crippen LogP contribution in [0.5, 0.6) is 5.75 Å². The number of amidine groups is 1. The van der Waals surface area contributed by atoms with Gasteiger partial charge in [0, 0.05) is 0 Å². The van der Waals surface area contributed by atoms with Gasteiger partial charge in [-0.15, -0.1) is 0 Å². The van der Waals surface area contributed by atoms with E-state index in [9.17, 15) is 4.79 Å². The Kier molecular flexibility index (Phi) is 7.52. The van der Waals surface area contributed by atoms with Gasteiger partial charge in [-0.25, -0.2) is 4.99 Å². The van der Waals surface area contributed by atoms with Gasteiger partial charge in [-0.3, -0.25) is 10.1 Å². The van der Waals surface area contributed by atoms with Crippen LogP contribution in [0.3, 0.4) is 0 Å². The van der Waals surface area contributed by atoms with Crippen LogP contribution in [0.1, 0.15) is 15.9 Å². The number of aryl methyl sites for hydroxylation is 1. The summed E-state index contributed by atoms with van der Waals surface area (Å²) in [5.74, 6) is 0.524. The van der Waals surface area contributed by atoms with E-state index in [-0.39, 0.29) is 5.91 Å². The van der Waals surface area contributed by atoms with E-state index in [0.29, 0.717) is 29.6 Å². The van der Waals surface area contributed by atoms with Crippen molar-refractivity contribution in [3.05, 3.63) is 59.7 Å². The van der Waals surface area contributed by atoms with Gasteiger partial charge in [0.1, 0.15) is 12.4 Å². The molecule has 0 atom stereocenters. The standard InChI is InChI=1S/C19H20N4O2S/c1-14-7-9-15(10-8-14)25-12-11-21-18(24)16-5-3-4-6-17(16)23-19(26-2)22-13-20/h3-10H,11-12H2,1-2H3,(H,21,24)(H,22,23). The van der Waals surface area contributed by atoms with Gasteiger partial charge in [0.25, 0.3) is 5.91 Å². The molecule has 6 nitrogen and oxygen atoms in total. The predicted molar refractivity (Wildman–Crippen MR) is 105 cm³/mol. The van der Waals surface area contributed by atoms with Crippen LogP contribution in [0, 0.1) is 18.4 Å². The van der Waals surface area contributed by atoms with E-state index in [4.69, 9.17) is 10.00 Å². The second-order valence-electron chi connectivity index (χ2n) is 5.29. The smallest absolute Gasteiger partial charge is 0.253 e. The van der Waals surface area contributed by atoms with Crippen molar-refractivity contribution in [1.82, 2.24) is 10.6 Å². The zero-order valence-electron chi connectivity index (χ0n) is 14.7. The van der Waals surface area contributed by atoms with Gasteiger partial charge in [0.2, 0.25) is 0 Å². The van der Waals surface area contributed by atoms with E-state index >= 15 is 0 Å². The number of benzene rings is 2. The van der Waals surface area contributed by atoms with Crippen molar-refractivity contribution in [2.24, 2.45) is 4.99 Å². The fraction of sp³-hybridized carbons (Fsp3) is 0.211. The predicted octanol–water partition coefficient (Wildman–Crippen LogP) is 3.23. The molecule has 0 saturated carbocycles. The average Bonchev–Trinajstić information content (AvgIpc) is 2.66. The highest BCUT2D eigenvalue weighted by molar-refractivity contribution is 8.13. The van der Waals surface area contributed by atoms with Gasteiger partial charge in [-0.05, 0) is 37.4 Å². The first-order valence-electron chi connectivity index (χ1n) is 7.98. The van der Waals surface area contributed by atoms with E-state index in [1.807, 2.05) is 37.4 Å². The minimum atomic E-state index is -0.241. The first-order chi connectivity index (χ1) is 12.6. The normalized spacial score (nSPS) is 10.7. The molecule has 26 heavy (non-hydrogen) atoms. The molecule has 1 amide bonds. The summed E-state index contributed by atoms with van der Waals surface area (Å²) in [6.45, 7) is 2.75. The van der Waals surface area contributed by atoms with Gasteiger partial charge in [-0.2, -0.15) is 5.26 Å². The summed E-state index contributed by atoms with van der Waals surface area (Å²) in [5, 5.41) is 14.5. The summed E-state index contributed by atoms with van der Waals surface area (Å²) < 4.78 is 5.60. The molecule has 0 unspecified atom stereocenters. The lowest BCUT2D eigenvalue weighted by molar-refractivity contribution is 0.0947. The van der Waals surface area contributed by atoms with E-state index < -0.39 is 0 Å². The topological polar surface area (TPSA) is 86.5 Å². The van der Waals surface area contributed by atoms with Gasteiger partial charge < -0.3 is 10.1 Å². The Hall–Kier alpha value is -2.98. The number of para-hydroxylation sites is 1. The fourth-order valence-corrected chi connectivity index (χ4v) is 2.45. The molecule has 2 rings (SSSR count). The Morgan fingerprint density at radius 2 is 1.96 bits per heavy atom. The number of ether oxygens (including phenoxy) is 1. The first-order valence-corrected chi connectivity index (χ1v) is 9.21. The van der Waals surface area contributed by atoms with Crippen LogP contribution in [-0.4, -0.2) is 30.5 Å². The van der Waals surface area contributed by atoms with Gasteiger partial charge in [-0.1, -0.05) is 41.6 Å². The van der Waals surface area contributed by atoms with Crippen molar-refractivity contribution in [3.8, 4) is 11.9 Å². The van der Waals surface area contributed by atoms with Crippen molar-refractivity contribution >= 4 is 28.5 Å². The number of nitriles is 1. The maximum atomic E-state index is 12.4. The quantitative estimate of drug-likeness (QED) is 0.269. The third kappa shape index (κ3) is 5.83. The molecule has 0 aliphatic rings. The molecule has 0 fully saturated rings. The number of carbonyl (C=O) groups is 1. The maximum Gasteiger partial charge on any atom is 0.253 e. The van der Waals surface area contributed by atoms with Crippen LogP contribution in [0.4, 0.5) is 5.69 Å². The lowest BCUT2D eigenvalue weighted by Crippen LogP contribution is -2.28. The fourth-order valence-electron chi connectivity index (χ4n) is 2.11. The summed E-state index contributed by atoms with van der Waals surface area (Å²) in [4.78, 5) is 16.7. The molecule has 0 spiro atoms. The Balaban J connectivity index is 1.95. The number of rotatable bonds is 6. The number of hydrogen-bond donors (Lipinski definition) is 2. The highest BCUT2D eigenvalue weighted by Gasteiger charge is 2.11. The molecule has 0 aliphatic heterocycles. The molecule has 2 N–H and O–H groups in total. The molecule has 0 aromatic heterocycles. The van der Waals surface area contributed by atoms with Crippen molar-refractivity contribution < 1.29 is 9.53 Å². The van der Waals surface area contributed by atoms with Crippen molar-refractivity contribution in [3.63, 3.8) is 0 Å². The number of thioether (sulfide) groups is 1. The van der Waals surface area contributed by atoms with Crippen LogP contribution >= 0.6 is 11.8 Å². The Bertz CT molecular complexity index is 813. The Labute approximate surface area is 157 Å². The summed E-state index contributed by atoms with van der Waals surface area (Å²) in [7, 11) is 0. The van der Waals surface area contributed by atoms with Crippen LogP contribution < -0.4 is 15.4 Å². The zero-order valence-corrected chi connectivity index (χ0v) is 15.5. The van der Waals surface area contributed by atoms with Gasteiger partial charge in [0.15, 0.2) is 11.4 Å². The molecule has 0 saturated heterocycles. The summed E-state index contributed by atoms with van der Waals surface area (Å²) in [5.41, 5.74) is 2.10. The molecule has 0 aliphatic carbocycles. The second kappa shape index (κ2) is 10.1. The van der Waals surface area contributed by atoms with Crippen LogP contribution in [0.25, 0.3) is 0 Å². The third-order valence-electron chi connectivity index (χ3n) is 3.40. The molecular weight excluding hydrogens is 348 g/mol. The minimum absolute atomic E-state index is 0.241. The van der Waals surface area contributed by atoms with E-state index in [2.05, 4.69) is 15.6 Å². The molecule has 0 radical (unpaired) electrons. The second-order valence-corrected chi connectivity index (χ2v) is 6.09. The number of nitrogens with one attached hydrogen (secondary N) is 2. The number of nitrogens with zero attached hydrogens (tertiary/aromatic N) is 2. The van der Waals surface area contributed by atoms with Gasteiger partial charge >= 0.3 is 0 Å². The van der Waals surface area contributed by atoms with Crippen molar-refractivity contribution in [2.75, 3.05) is 19.4 Å². The van der Waals surface area contributed by atoms with Crippen molar-refractivity contribution in [2.45, 2.75) is 6.92 Å². The van der Waals surface area contributed by atoms with Crippen LogP contribution in [0.15, 0.2) is 53.5 Å². The molecule has 2 aromatic rings. The number of aliphatic imine (C=N–C) groups is 1. The molecule has 0 bridgehead atoms. The average molecular weight is 368 g/mol. The lowest BCUT2D eigenvalue weighted by Gasteiger charge is -2.10. The number of amides is 1. The minimum Gasteiger partial charge on any atom is -0.492 e. The van der Waals surface area contributed by atoms with Crippen LogP contribution in [-0.2, 0) is 0 Å². The zero-order chi connectivity index (χ0) is 18.8. The largest absolute Gasteiger partial charge is 0.492 e. The molecule has 134 valence electrons. The summed E-state index contributed by atoms with van der Waals surface area (Å²) >= 11 is 1.29. The Morgan fingerprint density at radius 1 is 1.23 bits per heavy atom. The summed E-state index contributed by atoms with van der Waals surface area (Å²) in [6.07, 6.45) is 3.63. The van der Waals surface area contributed by atoms with Crippen molar-refractivity contribution in [1.29, 1.82) is 5.26 Å². The van der Waals surface area contributed by atoms with E-state index in [0.717, 1.165) is 5.75 Å². The molecular formula is C19H20N4O2S. The summed E-state index contributed by atoms with van der Waals surface area (Å²) in [6, 6.07) is 14.7. The first kappa shape index (κ1) is 19.3. The molecule has 7 heteroatoms. The number of hydrogen-bond acceptors (Lipinski definition) is 5. The lowest BCUT2D eigenvalue weighted by atomic mass is 10.1. The van der Waals surface area contributed by atoms with E-state index in [1.165, 1.54) is 17.3 Å². The van der Waals surface area contributed by atoms with Crippen LogP contribution in [0.2, 0.25) is 0 Å². The third-order valence-corrected chi connectivity index (χ3v) is 3.98. The Morgan fingerprint density at radius 3 is 2.65 bits per heavy atom. The highest BCUT2D eigenvalue weighted by atomic mass is 32.2. The van der Waals surface area contributed by atoms with E-state index in [1.54, 1.807) is 30.5 Å². The molecule has 0 heterocycles. The SMILES string of the molecule is CSC(=Nc1ccccc1C(=O)NCCOc1ccc(C)cc1)NC#N. The number of carbonyl (C=O) groups excluding carboxylic acids is 1. The monoisotopic (exact) mass is 368 g/mol. The molecule has 2 aromatic carbocycles. The van der Waals surface area contributed by atoms with Gasteiger partial charge in [0.05, 0.1) is 17.8 Å². The maximum absolute atomic E-state index is 12.4.